The lowest BCUT2D eigenvalue weighted by molar-refractivity contribution is 0.391. The average Bonchev–Trinajstić information content (AvgIpc) is 3.23. The van der Waals surface area contributed by atoms with Crippen LogP contribution in [0, 0.1) is 24.7 Å². The fraction of sp³-hybridized carbons (Fsp3) is 0.588. The van der Waals surface area contributed by atoms with Gasteiger partial charge in [0.15, 0.2) is 0 Å². The number of hydrogen-bond acceptors (Lipinski definition) is 5. The van der Waals surface area contributed by atoms with E-state index in [0.717, 1.165) is 47.1 Å². The van der Waals surface area contributed by atoms with Gasteiger partial charge in [-0.15, -0.1) is 10.2 Å². The molecule has 1 aliphatic carbocycles. The molecule has 6 heteroatoms. The topological polar surface area (TPSA) is 67.7 Å². The van der Waals surface area contributed by atoms with E-state index in [4.69, 9.17) is 0 Å². The van der Waals surface area contributed by atoms with Crippen molar-refractivity contribution in [3.8, 4) is 11.4 Å². The monoisotopic (exact) mass is 312 g/mol. The zero-order valence-electron chi connectivity index (χ0n) is 13.8. The Bertz CT molecular complexity index is 657. The van der Waals surface area contributed by atoms with Crippen LogP contribution in [0.25, 0.3) is 11.4 Å². The van der Waals surface area contributed by atoms with Crippen molar-refractivity contribution in [2.45, 2.75) is 19.8 Å². The average molecular weight is 312 g/mol. The lowest BCUT2D eigenvalue weighted by atomic mass is 9.92. The predicted octanol–water partition coefficient (Wildman–Crippen LogP) is 1.84. The second-order valence-electron chi connectivity index (χ2n) is 6.90. The molecule has 2 aromatic rings. The van der Waals surface area contributed by atoms with Crippen LogP contribution in [-0.2, 0) is 7.05 Å². The Morgan fingerprint density at radius 3 is 2.91 bits per heavy atom. The molecule has 0 bridgehead atoms. The van der Waals surface area contributed by atoms with Gasteiger partial charge in [0.25, 0.3) is 0 Å². The van der Waals surface area contributed by atoms with Gasteiger partial charge in [0.2, 0.25) is 0 Å². The summed E-state index contributed by atoms with van der Waals surface area (Å²) < 4.78 is 1.85. The minimum absolute atomic E-state index is 0.760. The first-order valence-corrected chi connectivity index (χ1v) is 8.49. The van der Waals surface area contributed by atoms with Gasteiger partial charge in [0, 0.05) is 13.6 Å². The summed E-state index contributed by atoms with van der Waals surface area (Å²) in [5, 5.41) is 20.0. The summed E-state index contributed by atoms with van der Waals surface area (Å²) in [5.41, 5.74) is 3.02. The third-order valence-corrected chi connectivity index (χ3v) is 5.48. The molecule has 1 aliphatic heterocycles. The van der Waals surface area contributed by atoms with E-state index in [-0.39, 0.29) is 0 Å². The first kappa shape index (κ1) is 14.6. The Kier molecular flexibility index (Phi) is 3.77. The standard InChI is InChI=1S/C17H24N6/c1-11-7-20-23(2)17(11)15-5-6-16(22-21-15)19-9-13-4-3-12-8-18-10-14(12)13/h5-7,12-14,18H,3-4,8-10H2,1-2H3,(H,19,22). The van der Waals surface area contributed by atoms with Crippen LogP contribution in [0.3, 0.4) is 0 Å². The van der Waals surface area contributed by atoms with Gasteiger partial charge in [-0.05, 0) is 68.3 Å². The molecule has 3 unspecified atom stereocenters. The lowest BCUT2D eigenvalue weighted by Gasteiger charge is -2.18. The highest BCUT2D eigenvalue weighted by Gasteiger charge is 2.38. The number of fused-ring (bicyclic) bond motifs is 1. The largest absolute Gasteiger partial charge is 0.368 e. The van der Waals surface area contributed by atoms with Crippen molar-refractivity contribution in [1.82, 2.24) is 25.3 Å². The van der Waals surface area contributed by atoms with Crippen LogP contribution >= 0.6 is 0 Å². The van der Waals surface area contributed by atoms with Gasteiger partial charge >= 0.3 is 0 Å². The van der Waals surface area contributed by atoms with Gasteiger partial charge in [0.05, 0.1) is 11.9 Å². The Morgan fingerprint density at radius 2 is 2.17 bits per heavy atom. The summed E-state index contributed by atoms with van der Waals surface area (Å²) in [5.74, 6) is 3.36. The maximum absolute atomic E-state index is 4.37. The van der Waals surface area contributed by atoms with Crippen molar-refractivity contribution >= 4 is 5.82 Å². The summed E-state index contributed by atoms with van der Waals surface area (Å²) in [4.78, 5) is 0. The molecule has 1 saturated heterocycles. The van der Waals surface area contributed by atoms with Gasteiger partial charge < -0.3 is 10.6 Å². The van der Waals surface area contributed by atoms with Gasteiger partial charge in [-0.2, -0.15) is 5.10 Å². The van der Waals surface area contributed by atoms with E-state index in [0.29, 0.717) is 0 Å². The second-order valence-corrected chi connectivity index (χ2v) is 6.90. The number of aryl methyl sites for hydroxylation is 2. The van der Waals surface area contributed by atoms with E-state index in [9.17, 15) is 0 Å². The maximum Gasteiger partial charge on any atom is 0.148 e. The van der Waals surface area contributed by atoms with Gasteiger partial charge in [-0.25, -0.2) is 0 Å². The first-order chi connectivity index (χ1) is 11.2. The number of nitrogens with one attached hydrogen (secondary N) is 2. The van der Waals surface area contributed by atoms with E-state index >= 15 is 0 Å². The molecule has 0 amide bonds. The summed E-state index contributed by atoms with van der Waals surface area (Å²) in [6.07, 6.45) is 4.56. The molecule has 0 radical (unpaired) electrons. The van der Waals surface area contributed by atoms with Crippen molar-refractivity contribution < 1.29 is 0 Å². The molecular weight excluding hydrogens is 288 g/mol. The van der Waals surface area contributed by atoms with Crippen molar-refractivity contribution in [2.75, 3.05) is 25.0 Å². The van der Waals surface area contributed by atoms with E-state index in [2.05, 4.69) is 25.9 Å². The Balaban J connectivity index is 1.41. The molecule has 2 aliphatic rings. The fourth-order valence-electron chi connectivity index (χ4n) is 4.22. The van der Waals surface area contributed by atoms with Crippen LogP contribution in [-0.4, -0.2) is 39.6 Å². The quantitative estimate of drug-likeness (QED) is 0.902. The SMILES string of the molecule is Cc1cnn(C)c1-c1ccc(NCC2CCC3CNCC32)nn1. The Labute approximate surface area is 136 Å². The van der Waals surface area contributed by atoms with E-state index in [1.807, 2.05) is 37.0 Å². The summed E-state index contributed by atoms with van der Waals surface area (Å²) in [7, 11) is 1.93. The third kappa shape index (κ3) is 2.72. The highest BCUT2D eigenvalue weighted by molar-refractivity contribution is 5.59. The molecule has 3 heterocycles. The van der Waals surface area contributed by atoms with Crippen LogP contribution < -0.4 is 10.6 Å². The van der Waals surface area contributed by atoms with Crippen molar-refractivity contribution in [3.05, 3.63) is 23.9 Å². The van der Waals surface area contributed by atoms with Crippen LogP contribution in [0.1, 0.15) is 18.4 Å². The normalized spacial score (nSPS) is 26.4. The smallest absolute Gasteiger partial charge is 0.148 e. The predicted molar refractivity (Wildman–Crippen MR) is 90.0 cm³/mol. The summed E-state index contributed by atoms with van der Waals surface area (Å²) >= 11 is 0. The van der Waals surface area contributed by atoms with Crippen molar-refractivity contribution in [2.24, 2.45) is 24.8 Å². The van der Waals surface area contributed by atoms with Crippen molar-refractivity contribution in [1.29, 1.82) is 0 Å². The van der Waals surface area contributed by atoms with Gasteiger partial charge in [-0.1, -0.05) is 0 Å². The highest BCUT2D eigenvalue weighted by Crippen LogP contribution is 2.39. The molecular formula is C17H24N6. The second kappa shape index (κ2) is 5.92. The molecule has 2 aromatic heterocycles. The molecule has 2 N–H and O–H groups in total. The molecule has 6 nitrogen and oxygen atoms in total. The molecule has 0 spiro atoms. The zero-order valence-corrected chi connectivity index (χ0v) is 13.8. The fourth-order valence-corrected chi connectivity index (χ4v) is 4.22. The molecule has 3 atom stereocenters. The minimum Gasteiger partial charge on any atom is -0.368 e. The van der Waals surface area contributed by atoms with Crippen LogP contribution in [0.4, 0.5) is 5.82 Å². The molecule has 1 saturated carbocycles. The van der Waals surface area contributed by atoms with E-state index < -0.39 is 0 Å². The van der Waals surface area contributed by atoms with Crippen LogP contribution in [0.15, 0.2) is 18.3 Å². The molecule has 122 valence electrons. The number of nitrogens with zero attached hydrogens (tertiary/aromatic N) is 4. The van der Waals surface area contributed by atoms with E-state index in [1.54, 1.807) is 0 Å². The first-order valence-electron chi connectivity index (χ1n) is 8.49. The summed E-state index contributed by atoms with van der Waals surface area (Å²) in [6.45, 7) is 5.44. The lowest BCUT2D eigenvalue weighted by Crippen LogP contribution is -2.23. The van der Waals surface area contributed by atoms with E-state index in [1.165, 1.54) is 25.9 Å². The highest BCUT2D eigenvalue weighted by atomic mass is 15.3. The number of aromatic nitrogens is 4. The third-order valence-electron chi connectivity index (χ3n) is 5.48. The Hall–Kier alpha value is -1.95. The van der Waals surface area contributed by atoms with Crippen LogP contribution in [0.5, 0.6) is 0 Å². The van der Waals surface area contributed by atoms with Crippen LogP contribution in [0.2, 0.25) is 0 Å². The molecule has 2 fully saturated rings. The maximum atomic E-state index is 4.37. The number of anilines is 1. The number of hydrogen-bond donors (Lipinski definition) is 2. The van der Waals surface area contributed by atoms with Crippen molar-refractivity contribution in [3.63, 3.8) is 0 Å². The zero-order chi connectivity index (χ0) is 15.8. The summed E-state index contributed by atoms with van der Waals surface area (Å²) in [6, 6.07) is 4.04. The van der Waals surface area contributed by atoms with Gasteiger partial charge in [-0.3, -0.25) is 4.68 Å². The molecule has 4 rings (SSSR count). The van der Waals surface area contributed by atoms with Gasteiger partial charge in [0.1, 0.15) is 11.5 Å². The molecule has 0 aromatic carbocycles. The number of rotatable bonds is 4. The minimum atomic E-state index is 0.760. The Morgan fingerprint density at radius 1 is 1.26 bits per heavy atom. The molecule has 23 heavy (non-hydrogen) atoms.